The van der Waals surface area contributed by atoms with E-state index >= 15 is 0 Å². The molecule has 0 radical (unpaired) electrons. The van der Waals surface area contributed by atoms with E-state index in [4.69, 9.17) is 40.5 Å². The van der Waals surface area contributed by atoms with Gasteiger partial charge in [-0.05, 0) is 24.1 Å². The average molecular weight is 343 g/mol. The summed E-state index contributed by atoms with van der Waals surface area (Å²) in [6.07, 6.45) is -5.49. The Bertz CT molecular complexity index is 409. The van der Waals surface area contributed by atoms with E-state index in [0.29, 0.717) is 5.56 Å². The van der Waals surface area contributed by atoms with Crippen LogP contribution in [0.3, 0.4) is 0 Å². The lowest BCUT2D eigenvalue weighted by Crippen LogP contribution is -2.16. The maximum atomic E-state index is 12.1. The van der Waals surface area contributed by atoms with E-state index in [9.17, 15) is 13.2 Å². The lowest BCUT2D eigenvalue weighted by Gasteiger charge is -2.16. The normalized spacial score (nSPS) is 13.1. The predicted molar refractivity (Wildman–Crippen MR) is 70.9 cm³/mol. The molecule has 0 unspecified atom stereocenters. The minimum absolute atomic E-state index is 0. The Kier molecular flexibility index (Phi) is 7.11. The highest BCUT2D eigenvalue weighted by atomic mass is 35.5. The molecule has 0 aliphatic rings. The van der Waals surface area contributed by atoms with E-state index in [1.807, 2.05) is 0 Å². The molecule has 1 aromatic rings. The largest absolute Gasteiger partial charge is 0.389 e. The molecule has 2 N–H and O–H groups in total. The first-order valence-electron chi connectivity index (χ1n) is 4.67. The Morgan fingerprint density at radius 1 is 1.17 bits per heavy atom. The van der Waals surface area contributed by atoms with Crippen molar-refractivity contribution in [2.75, 3.05) is 0 Å². The van der Waals surface area contributed by atoms with Gasteiger partial charge in [0.15, 0.2) is 0 Å². The third-order valence-electron chi connectivity index (χ3n) is 2.16. The highest BCUT2D eigenvalue weighted by molar-refractivity contribution is 6.43. The van der Waals surface area contributed by atoms with Crippen LogP contribution in [0.5, 0.6) is 0 Å². The van der Waals surface area contributed by atoms with Crippen LogP contribution in [-0.4, -0.2) is 6.18 Å². The maximum absolute atomic E-state index is 12.1. The monoisotopic (exact) mass is 341 g/mol. The molecule has 0 aliphatic heterocycles. The van der Waals surface area contributed by atoms with E-state index in [0.717, 1.165) is 0 Å². The summed E-state index contributed by atoms with van der Waals surface area (Å²) in [6, 6.07) is 1.99. The van der Waals surface area contributed by atoms with Crippen LogP contribution in [0.4, 0.5) is 13.2 Å². The van der Waals surface area contributed by atoms with E-state index < -0.39 is 18.6 Å². The second-order valence-corrected chi connectivity index (χ2v) is 4.77. The van der Waals surface area contributed by atoms with Gasteiger partial charge in [-0.25, -0.2) is 0 Å². The first kappa shape index (κ1) is 18.1. The first-order valence-corrected chi connectivity index (χ1v) is 5.81. The molecule has 0 saturated heterocycles. The first-order chi connectivity index (χ1) is 7.70. The van der Waals surface area contributed by atoms with Crippen LogP contribution < -0.4 is 5.73 Å². The van der Waals surface area contributed by atoms with Gasteiger partial charge < -0.3 is 5.73 Å². The number of halogens is 7. The molecule has 0 spiro atoms. The molecule has 0 aromatic heterocycles. The zero-order valence-electron chi connectivity index (χ0n) is 8.90. The van der Waals surface area contributed by atoms with Crippen LogP contribution in [0.1, 0.15) is 24.4 Å². The SMILES string of the molecule is Cl.N[C@H](CCC(F)(F)F)c1cc(Cl)cc(Cl)c1Cl. The summed E-state index contributed by atoms with van der Waals surface area (Å²) in [5.41, 5.74) is 5.97. The van der Waals surface area contributed by atoms with Crippen LogP contribution in [-0.2, 0) is 0 Å². The van der Waals surface area contributed by atoms with Crippen LogP contribution in [0.2, 0.25) is 15.1 Å². The van der Waals surface area contributed by atoms with Crippen molar-refractivity contribution < 1.29 is 13.2 Å². The lowest BCUT2D eigenvalue weighted by molar-refractivity contribution is -0.136. The van der Waals surface area contributed by atoms with E-state index in [-0.39, 0.29) is 33.9 Å². The van der Waals surface area contributed by atoms with Crippen molar-refractivity contribution in [2.45, 2.75) is 25.1 Å². The minimum Gasteiger partial charge on any atom is -0.324 e. The van der Waals surface area contributed by atoms with Crippen molar-refractivity contribution in [1.82, 2.24) is 0 Å². The average Bonchev–Trinajstić information content (AvgIpc) is 2.19. The Morgan fingerprint density at radius 3 is 2.22 bits per heavy atom. The second-order valence-electron chi connectivity index (χ2n) is 3.55. The molecule has 0 fully saturated rings. The van der Waals surface area contributed by atoms with Crippen molar-refractivity contribution in [3.05, 3.63) is 32.8 Å². The van der Waals surface area contributed by atoms with Crippen molar-refractivity contribution in [3.8, 4) is 0 Å². The van der Waals surface area contributed by atoms with Crippen molar-refractivity contribution in [3.63, 3.8) is 0 Å². The minimum atomic E-state index is -4.24. The Hall–Kier alpha value is 0.130. The van der Waals surface area contributed by atoms with Crippen LogP contribution in [0.15, 0.2) is 12.1 Å². The van der Waals surface area contributed by atoms with E-state index in [1.165, 1.54) is 12.1 Å². The van der Waals surface area contributed by atoms with Gasteiger partial charge in [0, 0.05) is 17.5 Å². The fraction of sp³-hybridized carbons (Fsp3) is 0.400. The molecule has 0 saturated carbocycles. The molecule has 0 amide bonds. The molecule has 1 rings (SSSR count). The zero-order chi connectivity index (χ0) is 13.2. The molecule has 1 aromatic carbocycles. The molecule has 8 heteroatoms. The number of benzene rings is 1. The smallest absolute Gasteiger partial charge is 0.324 e. The van der Waals surface area contributed by atoms with Gasteiger partial charge in [0.2, 0.25) is 0 Å². The highest BCUT2D eigenvalue weighted by Crippen LogP contribution is 2.35. The topological polar surface area (TPSA) is 26.0 Å². The predicted octanol–water partition coefficient (Wildman–Crippen LogP) is 5.41. The molecule has 104 valence electrons. The van der Waals surface area contributed by atoms with Crippen molar-refractivity contribution >= 4 is 47.2 Å². The van der Waals surface area contributed by atoms with Gasteiger partial charge in [0.05, 0.1) is 10.0 Å². The second kappa shape index (κ2) is 7.06. The molecule has 1 atom stereocenters. The Morgan fingerprint density at radius 2 is 1.72 bits per heavy atom. The van der Waals surface area contributed by atoms with Crippen molar-refractivity contribution in [1.29, 1.82) is 0 Å². The fourth-order valence-corrected chi connectivity index (χ4v) is 2.08. The number of rotatable bonds is 3. The summed E-state index contributed by atoms with van der Waals surface area (Å²) in [5.74, 6) is 0. The molecule has 0 heterocycles. The van der Waals surface area contributed by atoms with Crippen LogP contribution in [0, 0.1) is 0 Å². The number of hydrogen-bond acceptors (Lipinski definition) is 1. The van der Waals surface area contributed by atoms with Crippen molar-refractivity contribution in [2.24, 2.45) is 5.73 Å². The van der Waals surface area contributed by atoms with Gasteiger partial charge in [-0.2, -0.15) is 13.2 Å². The molecule has 18 heavy (non-hydrogen) atoms. The van der Waals surface area contributed by atoms with Gasteiger partial charge in [0.1, 0.15) is 0 Å². The van der Waals surface area contributed by atoms with Gasteiger partial charge in [-0.3, -0.25) is 0 Å². The third kappa shape index (κ3) is 5.41. The molecular formula is C10H10Cl4F3N. The molecular weight excluding hydrogens is 333 g/mol. The van der Waals surface area contributed by atoms with Gasteiger partial charge in [-0.1, -0.05) is 34.8 Å². The summed E-state index contributed by atoms with van der Waals surface area (Å²) in [6.45, 7) is 0. The summed E-state index contributed by atoms with van der Waals surface area (Å²) >= 11 is 17.4. The Balaban J connectivity index is 0.00000289. The lowest BCUT2D eigenvalue weighted by atomic mass is 10.0. The standard InChI is InChI=1S/C10H9Cl3F3N.ClH/c11-5-3-6(9(13)7(12)4-5)8(17)1-2-10(14,15)16;/h3-4,8H,1-2,17H2;1H/t8-;/m1./s1. The van der Waals surface area contributed by atoms with Gasteiger partial charge in [0.25, 0.3) is 0 Å². The number of alkyl halides is 3. The number of nitrogens with two attached hydrogens (primary N) is 1. The summed E-state index contributed by atoms with van der Waals surface area (Å²) in [4.78, 5) is 0. The van der Waals surface area contributed by atoms with E-state index in [1.54, 1.807) is 0 Å². The Labute approximate surface area is 124 Å². The van der Waals surface area contributed by atoms with E-state index in [2.05, 4.69) is 0 Å². The van der Waals surface area contributed by atoms with Gasteiger partial charge in [-0.15, -0.1) is 12.4 Å². The summed E-state index contributed by atoms with van der Waals surface area (Å²) in [5, 5.41) is 0.610. The highest BCUT2D eigenvalue weighted by Gasteiger charge is 2.28. The van der Waals surface area contributed by atoms with Crippen LogP contribution in [0.25, 0.3) is 0 Å². The molecule has 1 nitrogen and oxygen atoms in total. The molecule has 0 aliphatic carbocycles. The quantitative estimate of drug-likeness (QED) is 0.730. The number of hydrogen-bond donors (Lipinski definition) is 1. The fourth-order valence-electron chi connectivity index (χ4n) is 1.32. The summed E-state index contributed by atoms with van der Waals surface area (Å²) < 4.78 is 36.2. The summed E-state index contributed by atoms with van der Waals surface area (Å²) in [7, 11) is 0. The third-order valence-corrected chi connectivity index (χ3v) is 3.19. The zero-order valence-corrected chi connectivity index (χ0v) is 12.0. The maximum Gasteiger partial charge on any atom is 0.389 e. The molecule has 0 bridgehead atoms. The van der Waals surface area contributed by atoms with Crippen LogP contribution >= 0.6 is 47.2 Å². The van der Waals surface area contributed by atoms with Gasteiger partial charge >= 0.3 is 6.18 Å².